The fourth-order valence-corrected chi connectivity index (χ4v) is 1.48. The van der Waals surface area contributed by atoms with Crippen molar-refractivity contribution in [3.8, 4) is 11.8 Å². The molecule has 1 aromatic carbocycles. The van der Waals surface area contributed by atoms with Gasteiger partial charge in [-0.15, -0.1) is 0 Å². The van der Waals surface area contributed by atoms with Crippen LogP contribution in [0.15, 0.2) is 18.2 Å². The molecule has 0 atom stereocenters. The van der Waals surface area contributed by atoms with Crippen molar-refractivity contribution < 1.29 is 23.1 Å². The first-order chi connectivity index (χ1) is 9.34. The van der Waals surface area contributed by atoms with Crippen molar-refractivity contribution in [2.75, 3.05) is 6.54 Å². The highest BCUT2D eigenvalue weighted by Crippen LogP contribution is 2.30. The fraction of sp³-hybridized carbons (Fsp3) is 0.357. The van der Waals surface area contributed by atoms with Crippen LogP contribution in [0.25, 0.3) is 0 Å². The Balaban J connectivity index is 2.81. The summed E-state index contributed by atoms with van der Waals surface area (Å²) in [7, 11) is 0. The van der Waals surface area contributed by atoms with Crippen molar-refractivity contribution in [2.24, 2.45) is 0 Å². The number of carbonyl (C=O) groups is 1. The van der Waals surface area contributed by atoms with E-state index >= 15 is 0 Å². The monoisotopic (exact) mass is 285 g/mol. The van der Waals surface area contributed by atoms with Crippen LogP contribution in [-0.4, -0.2) is 17.6 Å². The lowest BCUT2D eigenvalue weighted by Crippen LogP contribution is -2.20. The number of carbonyl (C=O) groups excluding carboxylic acids is 1. The number of halogens is 3. The van der Waals surface area contributed by atoms with Gasteiger partial charge in [0.25, 0.3) is 0 Å². The molecule has 0 radical (unpaired) electrons. The molecule has 20 heavy (non-hydrogen) atoms. The van der Waals surface area contributed by atoms with E-state index in [-0.39, 0.29) is 11.5 Å². The van der Waals surface area contributed by atoms with Gasteiger partial charge in [-0.2, -0.15) is 13.2 Å². The van der Waals surface area contributed by atoms with E-state index in [0.29, 0.717) is 18.5 Å². The van der Waals surface area contributed by atoms with Crippen LogP contribution >= 0.6 is 0 Å². The number of hydrogen-bond acceptors (Lipinski definition) is 2. The highest BCUT2D eigenvalue weighted by molar-refractivity contribution is 5.72. The molecule has 0 aliphatic carbocycles. The number of hydrogen-bond donors (Lipinski definition) is 2. The van der Waals surface area contributed by atoms with E-state index < -0.39 is 18.3 Å². The minimum atomic E-state index is -4.44. The van der Waals surface area contributed by atoms with Crippen molar-refractivity contribution in [3.63, 3.8) is 0 Å². The summed E-state index contributed by atoms with van der Waals surface area (Å²) < 4.78 is 37.5. The van der Waals surface area contributed by atoms with Gasteiger partial charge in [0.05, 0.1) is 12.2 Å². The summed E-state index contributed by atoms with van der Waals surface area (Å²) in [5, 5.41) is 11.6. The number of aliphatic hydroxyl groups excluding tert-OH is 1. The lowest BCUT2D eigenvalue weighted by molar-refractivity contribution is -0.137. The number of benzene rings is 1. The van der Waals surface area contributed by atoms with Gasteiger partial charge in [0.2, 0.25) is 5.91 Å². The second-order valence-corrected chi connectivity index (χ2v) is 4.06. The quantitative estimate of drug-likeness (QED) is 0.660. The molecule has 108 valence electrons. The largest absolute Gasteiger partial charge is 0.416 e. The summed E-state index contributed by atoms with van der Waals surface area (Å²) in [6.07, 6.45) is -4.06. The van der Waals surface area contributed by atoms with E-state index in [2.05, 4.69) is 17.2 Å². The van der Waals surface area contributed by atoms with Crippen LogP contribution in [0.4, 0.5) is 13.2 Å². The molecule has 0 saturated heterocycles. The molecule has 0 fully saturated rings. The van der Waals surface area contributed by atoms with Crippen molar-refractivity contribution in [1.82, 2.24) is 5.32 Å². The fourth-order valence-electron chi connectivity index (χ4n) is 1.48. The van der Waals surface area contributed by atoms with Crippen LogP contribution in [0.3, 0.4) is 0 Å². The Morgan fingerprint density at radius 1 is 1.40 bits per heavy atom. The maximum atomic E-state index is 12.5. The summed E-state index contributed by atoms with van der Waals surface area (Å²) in [6.45, 7) is 1.24. The Kier molecular flexibility index (Phi) is 5.59. The van der Waals surface area contributed by atoms with Gasteiger partial charge in [-0.3, -0.25) is 4.79 Å². The van der Waals surface area contributed by atoms with E-state index in [1.165, 1.54) is 13.0 Å². The number of nitrogens with one attached hydrogen (secondary N) is 1. The second-order valence-electron chi connectivity index (χ2n) is 4.06. The lowest BCUT2D eigenvalue weighted by Gasteiger charge is -2.09. The Labute approximate surface area is 114 Å². The number of aliphatic hydroxyl groups is 1. The molecule has 6 heteroatoms. The molecule has 0 aliphatic rings. The Bertz CT molecular complexity index is 542. The second kappa shape index (κ2) is 6.96. The van der Waals surface area contributed by atoms with Crippen LogP contribution in [0.2, 0.25) is 0 Å². The van der Waals surface area contributed by atoms with Crippen LogP contribution < -0.4 is 5.32 Å². The Hall–Kier alpha value is -2.00. The minimum Gasteiger partial charge on any atom is -0.392 e. The van der Waals surface area contributed by atoms with Crippen molar-refractivity contribution in [1.29, 1.82) is 0 Å². The third-order valence-electron chi connectivity index (χ3n) is 2.45. The minimum absolute atomic E-state index is 0.131. The molecular weight excluding hydrogens is 271 g/mol. The Morgan fingerprint density at radius 2 is 2.10 bits per heavy atom. The van der Waals surface area contributed by atoms with Crippen LogP contribution in [0.5, 0.6) is 0 Å². The van der Waals surface area contributed by atoms with Gasteiger partial charge >= 0.3 is 6.18 Å². The molecule has 0 bridgehead atoms. The molecule has 0 aliphatic heterocycles. The van der Waals surface area contributed by atoms with E-state index in [1.807, 2.05) is 0 Å². The molecule has 1 amide bonds. The molecule has 0 unspecified atom stereocenters. The summed E-state index contributed by atoms with van der Waals surface area (Å²) in [6, 6.07) is 3.05. The first-order valence-corrected chi connectivity index (χ1v) is 5.89. The summed E-state index contributed by atoms with van der Waals surface area (Å²) >= 11 is 0. The predicted octanol–water partition coefficient (Wildman–Crippen LogP) is 2.08. The van der Waals surface area contributed by atoms with Gasteiger partial charge in [0, 0.05) is 25.5 Å². The third kappa shape index (κ3) is 4.94. The normalized spacial score (nSPS) is 10.7. The Morgan fingerprint density at radius 3 is 2.65 bits per heavy atom. The standard InChI is InChI=1S/C14H14F3NO2/c1-10(20)18-7-3-2-4-11-5-6-13(14(15,16)17)8-12(11)9-19/h5-6,8,19H,3,7,9H2,1H3,(H,18,20). The lowest BCUT2D eigenvalue weighted by atomic mass is 10.0. The molecular formula is C14H14F3NO2. The van der Waals surface area contributed by atoms with Crippen LogP contribution in [0.1, 0.15) is 30.0 Å². The zero-order valence-corrected chi connectivity index (χ0v) is 10.8. The van der Waals surface area contributed by atoms with Crippen molar-refractivity contribution >= 4 is 5.91 Å². The highest BCUT2D eigenvalue weighted by Gasteiger charge is 2.30. The average molecular weight is 285 g/mol. The molecule has 0 heterocycles. The molecule has 0 spiro atoms. The van der Waals surface area contributed by atoms with Gasteiger partial charge in [0.1, 0.15) is 0 Å². The zero-order valence-electron chi connectivity index (χ0n) is 10.8. The summed E-state index contributed by atoms with van der Waals surface area (Å²) in [5.74, 6) is 5.25. The van der Waals surface area contributed by atoms with Gasteiger partial charge in [-0.05, 0) is 23.8 Å². The van der Waals surface area contributed by atoms with E-state index in [0.717, 1.165) is 12.1 Å². The van der Waals surface area contributed by atoms with Crippen molar-refractivity contribution in [3.05, 3.63) is 34.9 Å². The van der Waals surface area contributed by atoms with Gasteiger partial charge < -0.3 is 10.4 Å². The molecule has 1 rings (SSSR count). The third-order valence-corrected chi connectivity index (χ3v) is 2.45. The SMILES string of the molecule is CC(=O)NCCC#Cc1ccc(C(F)(F)F)cc1CO. The predicted molar refractivity (Wildman–Crippen MR) is 67.5 cm³/mol. The van der Waals surface area contributed by atoms with Gasteiger partial charge in [0.15, 0.2) is 0 Å². The molecule has 0 saturated carbocycles. The summed E-state index contributed by atoms with van der Waals surface area (Å²) in [5.41, 5.74) is -0.333. The zero-order chi connectivity index (χ0) is 15.2. The summed E-state index contributed by atoms with van der Waals surface area (Å²) in [4.78, 5) is 10.6. The smallest absolute Gasteiger partial charge is 0.392 e. The topological polar surface area (TPSA) is 49.3 Å². The van der Waals surface area contributed by atoms with Crippen LogP contribution in [-0.2, 0) is 17.6 Å². The first kappa shape index (κ1) is 16.1. The van der Waals surface area contributed by atoms with Crippen LogP contribution in [0, 0.1) is 11.8 Å². The van der Waals surface area contributed by atoms with E-state index in [4.69, 9.17) is 5.11 Å². The molecule has 0 aromatic heterocycles. The van der Waals surface area contributed by atoms with Crippen molar-refractivity contribution in [2.45, 2.75) is 26.1 Å². The molecule has 3 nitrogen and oxygen atoms in total. The van der Waals surface area contributed by atoms with E-state index in [1.54, 1.807) is 0 Å². The highest BCUT2D eigenvalue weighted by atomic mass is 19.4. The number of amides is 1. The maximum absolute atomic E-state index is 12.5. The molecule has 2 N–H and O–H groups in total. The number of alkyl halides is 3. The van der Waals surface area contributed by atoms with Gasteiger partial charge in [-0.1, -0.05) is 11.8 Å². The maximum Gasteiger partial charge on any atom is 0.416 e. The number of rotatable bonds is 3. The molecule has 1 aromatic rings. The average Bonchev–Trinajstić information content (AvgIpc) is 2.36. The van der Waals surface area contributed by atoms with E-state index in [9.17, 15) is 18.0 Å². The van der Waals surface area contributed by atoms with Gasteiger partial charge in [-0.25, -0.2) is 0 Å². The first-order valence-electron chi connectivity index (χ1n) is 5.89.